The van der Waals surface area contributed by atoms with Gasteiger partial charge in [-0.15, -0.1) is 0 Å². The van der Waals surface area contributed by atoms with Crippen LogP contribution in [0, 0.1) is 10.1 Å². The fourth-order valence-electron chi connectivity index (χ4n) is 4.30. The second-order valence-corrected chi connectivity index (χ2v) is 9.13. The Bertz CT molecular complexity index is 976. The molecule has 1 aliphatic heterocycles. The van der Waals surface area contributed by atoms with Gasteiger partial charge in [0.25, 0.3) is 5.91 Å². The van der Waals surface area contributed by atoms with E-state index in [0.717, 1.165) is 12.8 Å². The molecule has 0 saturated carbocycles. The second kappa shape index (κ2) is 8.95. The number of benzene rings is 1. The maximum absolute atomic E-state index is 12.4. The minimum Gasteiger partial charge on any atom is -0.497 e. The number of anilines is 2. The minimum absolute atomic E-state index is 0.0309. The second-order valence-electron chi connectivity index (χ2n) is 9.13. The number of hydrogen-bond acceptors (Lipinski definition) is 9. The van der Waals surface area contributed by atoms with Gasteiger partial charge in [-0.2, -0.15) is 0 Å². The molecule has 0 spiro atoms. The van der Waals surface area contributed by atoms with Gasteiger partial charge in [0.2, 0.25) is 11.6 Å². The summed E-state index contributed by atoms with van der Waals surface area (Å²) in [5, 5.41) is 18.6. The number of nitrogens with one attached hydrogen (secondary N) is 4. The van der Waals surface area contributed by atoms with Crippen molar-refractivity contribution in [2.45, 2.75) is 57.7 Å². The topological polar surface area (TPSA) is 143 Å². The highest BCUT2D eigenvalue weighted by molar-refractivity contribution is 5.95. The lowest BCUT2D eigenvalue weighted by molar-refractivity contribution is -0.383. The molecule has 1 aliphatic rings. The first kappa shape index (κ1) is 23.2. The number of methoxy groups -OCH3 is 1. The van der Waals surface area contributed by atoms with E-state index < -0.39 is 10.8 Å². The summed E-state index contributed by atoms with van der Waals surface area (Å²) in [6.07, 6.45) is 2.73. The number of carbonyl (C=O) groups excluding carboxylic acids is 1. The van der Waals surface area contributed by atoms with E-state index in [1.54, 1.807) is 24.3 Å². The Morgan fingerprint density at radius 1 is 1.12 bits per heavy atom. The fraction of sp³-hybridized carbons (Fsp3) is 0.476. The lowest BCUT2D eigenvalue weighted by atomic mass is 9.79. The molecule has 0 unspecified atom stereocenters. The van der Waals surface area contributed by atoms with E-state index in [2.05, 4.69) is 59.1 Å². The van der Waals surface area contributed by atoms with Gasteiger partial charge in [-0.05, 0) is 64.8 Å². The van der Waals surface area contributed by atoms with Crippen molar-refractivity contribution in [2.75, 3.05) is 17.9 Å². The van der Waals surface area contributed by atoms with Crippen molar-refractivity contribution in [3.05, 3.63) is 46.3 Å². The normalized spacial score (nSPS) is 17.3. The van der Waals surface area contributed by atoms with Gasteiger partial charge >= 0.3 is 5.69 Å². The number of carbonyl (C=O) groups is 1. The minimum atomic E-state index is -0.568. The van der Waals surface area contributed by atoms with Crippen molar-refractivity contribution < 1.29 is 14.5 Å². The first-order valence-electron chi connectivity index (χ1n) is 10.3. The van der Waals surface area contributed by atoms with Gasteiger partial charge in [-0.1, -0.05) is 0 Å². The predicted octanol–water partition coefficient (Wildman–Crippen LogP) is 2.87. The highest BCUT2D eigenvalue weighted by Gasteiger charge is 2.38. The largest absolute Gasteiger partial charge is 0.497 e. The van der Waals surface area contributed by atoms with E-state index >= 15 is 0 Å². The molecular weight excluding hydrogens is 414 g/mol. The third kappa shape index (κ3) is 5.61. The first-order chi connectivity index (χ1) is 15.0. The van der Waals surface area contributed by atoms with Crippen LogP contribution in [0.5, 0.6) is 5.75 Å². The van der Waals surface area contributed by atoms with Gasteiger partial charge in [-0.3, -0.25) is 25.8 Å². The Balaban J connectivity index is 1.77. The van der Waals surface area contributed by atoms with Gasteiger partial charge in [0.1, 0.15) is 12.1 Å². The van der Waals surface area contributed by atoms with Gasteiger partial charge in [0.05, 0.1) is 12.0 Å². The molecule has 1 saturated heterocycles. The SMILES string of the molecule is COc1ccc(C(=O)NNc2ncnc(NC3CC(C)(C)NC(C)(C)C3)c2[N+](=O)[O-])cc1. The number of piperidine rings is 1. The number of ether oxygens (including phenoxy) is 1. The van der Waals surface area contributed by atoms with Gasteiger partial charge in [-0.25, -0.2) is 9.97 Å². The summed E-state index contributed by atoms with van der Waals surface area (Å²) in [5.41, 5.74) is 4.73. The van der Waals surface area contributed by atoms with E-state index in [4.69, 9.17) is 4.74 Å². The van der Waals surface area contributed by atoms with E-state index in [0.29, 0.717) is 11.3 Å². The summed E-state index contributed by atoms with van der Waals surface area (Å²) in [6.45, 7) is 8.38. The lowest BCUT2D eigenvalue weighted by Gasteiger charge is -2.46. The zero-order valence-electron chi connectivity index (χ0n) is 18.9. The molecule has 1 fully saturated rings. The van der Waals surface area contributed by atoms with Gasteiger partial charge in [0.15, 0.2) is 0 Å². The van der Waals surface area contributed by atoms with Crippen LogP contribution in [0.2, 0.25) is 0 Å². The average Bonchev–Trinajstić information content (AvgIpc) is 2.69. The Labute approximate surface area is 186 Å². The van der Waals surface area contributed by atoms with Crippen LogP contribution in [-0.2, 0) is 0 Å². The van der Waals surface area contributed by atoms with Crippen LogP contribution in [0.25, 0.3) is 0 Å². The number of amides is 1. The van der Waals surface area contributed by atoms with Crippen molar-refractivity contribution >= 4 is 23.2 Å². The molecule has 11 nitrogen and oxygen atoms in total. The molecule has 0 radical (unpaired) electrons. The van der Waals surface area contributed by atoms with E-state index in [9.17, 15) is 14.9 Å². The highest BCUT2D eigenvalue weighted by Crippen LogP contribution is 2.34. The van der Waals surface area contributed by atoms with Crippen LogP contribution in [0.3, 0.4) is 0 Å². The molecule has 4 N–H and O–H groups in total. The molecule has 3 rings (SSSR count). The van der Waals surface area contributed by atoms with Crippen molar-refractivity contribution in [2.24, 2.45) is 0 Å². The maximum atomic E-state index is 12.4. The number of aromatic nitrogens is 2. The first-order valence-corrected chi connectivity index (χ1v) is 10.3. The summed E-state index contributed by atoms with van der Waals surface area (Å²) in [6, 6.07) is 6.42. The van der Waals surface area contributed by atoms with E-state index in [-0.39, 0.29) is 34.4 Å². The Kier molecular flexibility index (Phi) is 6.49. The molecule has 0 atom stereocenters. The van der Waals surface area contributed by atoms with Crippen molar-refractivity contribution in [3.63, 3.8) is 0 Å². The molecule has 11 heteroatoms. The molecule has 2 aromatic rings. The average molecular weight is 444 g/mol. The molecule has 0 bridgehead atoms. The smallest absolute Gasteiger partial charge is 0.354 e. The Morgan fingerprint density at radius 2 is 1.72 bits per heavy atom. The Morgan fingerprint density at radius 3 is 2.28 bits per heavy atom. The molecule has 1 aromatic heterocycles. The zero-order valence-corrected chi connectivity index (χ0v) is 18.9. The summed E-state index contributed by atoms with van der Waals surface area (Å²) in [4.78, 5) is 31.7. The molecule has 1 amide bonds. The number of nitrogens with zero attached hydrogens (tertiary/aromatic N) is 3. The van der Waals surface area contributed by atoms with Crippen LogP contribution in [0.1, 0.15) is 50.9 Å². The third-order valence-corrected chi connectivity index (χ3v) is 5.18. The van der Waals surface area contributed by atoms with Crippen molar-refractivity contribution in [1.29, 1.82) is 0 Å². The van der Waals surface area contributed by atoms with Crippen LogP contribution in [0.4, 0.5) is 17.3 Å². The maximum Gasteiger partial charge on any atom is 0.354 e. The number of hydrogen-bond donors (Lipinski definition) is 4. The number of nitro groups is 1. The standard InChI is InChI=1S/C21H29N7O4/c1-20(2)10-14(11-21(3,4)27-20)24-17-16(28(30)31)18(23-12-22-17)25-26-19(29)13-6-8-15(32-5)9-7-13/h6-9,12,14,27H,10-11H2,1-5H3,(H,26,29)(H2,22,23,24,25). The van der Waals surface area contributed by atoms with Gasteiger partial charge < -0.3 is 15.4 Å². The van der Waals surface area contributed by atoms with Gasteiger partial charge in [0, 0.05) is 22.7 Å². The molecule has 1 aromatic carbocycles. The van der Waals surface area contributed by atoms with Crippen molar-refractivity contribution in [3.8, 4) is 5.75 Å². The molecule has 32 heavy (non-hydrogen) atoms. The third-order valence-electron chi connectivity index (χ3n) is 5.18. The Hall–Kier alpha value is -3.47. The summed E-state index contributed by atoms with van der Waals surface area (Å²) in [7, 11) is 1.53. The van der Waals surface area contributed by atoms with Crippen LogP contribution >= 0.6 is 0 Å². The quantitative estimate of drug-likeness (QED) is 0.375. The van der Waals surface area contributed by atoms with E-state index in [1.807, 2.05) is 0 Å². The summed E-state index contributed by atoms with van der Waals surface area (Å²) >= 11 is 0. The summed E-state index contributed by atoms with van der Waals surface area (Å²) in [5.74, 6) is 0.129. The van der Waals surface area contributed by atoms with Crippen LogP contribution in [-0.4, -0.2) is 45.0 Å². The zero-order chi connectivity index (χ0) is 23.5. The lowest BCUT2D eigenvalue weighted by Crippen LogP contribution is -2.60. The number of hydrazine groups is 1. The highest BCUT2D eigenvalue weighted by atomic mass is 16.6. The monoisotopic (exact) mass is 443 g/mol. The predicted molar refractivity (Wildman–Crippen MR) is 121 cm³/mol. The molecule has 0 aliphatic carbocycles. The molecule has 2 heterocycles. The van der Waals surface area contributed by atoms with E-state index in [1.165, 1.54) is 13.4 Å². The van der Waals surface area contributed by atoms with Crippen LogP contribution < -0.4 is 26.2 Å². The molecular formula is C21H29N7O4. The molecule has 172 valence electrons. The summed E-state index contributed by atoms with van der Waals surface area (Å²) < 4.78 is 5.07. The van der Waals surface area contributed by atoms with Crippen LogP contribution in [0.15, 0.2) is 30.6 Å². The van der Waals surface area contributed by atoms with Crippen molar-refractivity contribution in [1.82, 2.24) is 20.7 Å². The fourth-order valence-corrected chi connectivity index (χ4v) is 4.30. The number of rotatable bonds is 7.